The number of aromatic nitrogens is 5. The van der Waals surface area contributed by atoms with E-state index in [1.807, 2.05) is 57.7 Å². The average molecular weight is 718 g/mol. The molecule has 12 heteroatoms. The maximum atomic E-state index is 13.8. The van der Waals surface area contributed by atoms with Crippen molar-refractivity contribution < 1.29 is 14.6 Å². The highest BCUT2D eigenvalue weighted by Crippen LogP contribution is 2.39. The number of fused-ring (bicyclic) bond motifs is 2. The van der Waals surface area contributed by atoms with E-state index in [0.29, 0.717) is 5.82 Å². The smallest absolute Gasteiger partial charge is 0.320 e. The SMILES string of the molecule is CC(C)(C)c1cc(NC(=O)N[C@H]2CC[C@@H](Oc3ccc4nnc(N5CCCCC5)n4c3)c3ccccc32)n(-c2cccc(CN3CCC(O)CC3)c2)n1. The molecule has 5 heterocycles. The fraction of sp³-hybridized carbons (Fsp3) is 0.463. The number of carbonyl (C=O) groups is 1. The van der Waals surface area contributed by atoms with Gasteiger partial charge in [0.15, 0.2) is 5.65 Å². The average Bonchev–Trinajstić information content (AvgIpc) is 3.79. The Hall–Kier alpha value is -4.94. The second-order valence-electron chi connectivity index (χ2n) is 15.9. The molecule has 1 aliphatic carbocycles. The summed E-state index contributed by atoms with van der Waals surface area (Å²) in [6.07, 6.45) is 8.31. The van der Waals surface area contributed by atoms with E-state index in [9.17, 15) is 9.90 Å². The van der Waals surface area contributed by atoms with Gasteiger partial charge in [0.25, 0.3) is 0 Å². The fourth-order valence-corrected chi connectivity index (χ4v) is 7.89. The molecule has 3 aliphatic rings. The lowest BCUT2D eigenvalue weighted by atomic mass is 9.85. The molecule has 0 bridgehead atoms. The number of anilines is 2. The van der Waals surface area contributed by atoms with Gasteiger partial charge in [-0.1, -0.05) is 57.2 Å². The third kappa shape index (κ3) is 7.75. The molecule has 2 fully saturated rings. The predicted molar refractivity (Wildman–Crippen MR) is 206 cm³/mol. The first-order chi connectivity index (χ1) is 25.7. The number of aliphatic hydroxyl groups is 1. The number of benzene rings is 2. The number of likely N-dealkylation sites (tertiary alicyclic amines) is 1. The van der Waals surface area contributed by atoms with Crippen LogP contribution in [0, 0.1) is 0 Å². The summed E-state index contributed by atoms with van der Waals surface area (Å²) in [6.45, 7) is 10.9. The number of hydrogen-bond acceptors (Lipinski definition) is 8. The Kier molecular flexibility index (Phi) is 9.82. The van der Waals surface area contributed by atoms with Gasteiger partial charge in [0.05, 0.1) is 29.7 Å². The summed E-state index contributed by atoms with van der Waals surface area (Å²) in [4.78, 5) is 18.5. The third-order valence-corrected chi connectivity index (χ3v) is 10.9. The molecule has 53 heavy (non-hydrogen) atoms. The Morgan fingerprint density at radius 2 is 1.68 bits per heavy atom. The van der Waals surface area contributed by atoms with Crippen LogP contribution >= 0.6 is 0 Å². The number of piperidine rings is 2. The van der Waals surface area contributed by atoms with Gasteiger partial charge in [-0.2, -0.15) is 5.10 Å². The molecule has 8 rings (SSSR count). The van der Waals surface area contributed by atoms with Crippen LogP contribution in [0.1, 0.15) is 100 Å². The summed E-state index contributed by atoms with van der Waals surface area (Å²) < 4.78 is 10.5. The first-order valence-corrected chi connectivity index (χ1v) is 19.2. The van der Waals surface area contributed by atoms with Gasteiger partial charge in [0.1, 0.15) is 17.7 Å². The fourth-order valence-electron chi connectivity index (χ4n) is 7.89. The summed E-state index contributed by atoms with van der Waals surface area (Å²) in [6, 6.07) is 22.0. The molecule has 12 nitrogen and oxygen atoms in total. The number of hydrogen-bond donors (Lipinski definition) is 3. The second-order valence-corrected chi connectivity index (χ2v) is 15.9. The topological polar surface area (TPSA) is 125 Å². The van der Waals surface area contributed by atoms with Crippen LogP contribution in [0.2, 0.25) is 0 Å². The van der Waals surface area contributed by atoms with Gasteiger partial charge in [-0.3, -0.25) is 14.6 Å². The van der Waals surface area contributed by atoms with Crippen LogP contribution < -0.4 is 20.3 Å². The Morgan fingerprint density at radius 3 is 2.47 bits per heavy atom. The van der Waals surface area contributed by atoms with Gasteiger partial charge in [-0.15, -0.1) is 10.2 Å². The third-order valence-electron chi connectivity index (χ3n) is 10.9. The Balaban J connectivity index is 0.979. The Bertz CT molecular complexity index is 2050. The minimum Gasteiger partial charge on any atom is -0.484 e. The first-order valence-electron chi connectivity index (χ1n) is 19.2. The molecule has 2 aromatic carbocycles. The summed E-state index contributed by atoms with van der Waals surface area (Å²) in [5.41, 5.74) is 5.67. The van der Waals surface area contributed by atoms with Crippen molar-refractivity contribution >= 4 is 23.4 Å². The van der Waals surface area contributed by atoms with Crippen molar-refractivity contribution in [3.8, 4) is 11.4 Å². The molecule has 2 aliphatic heterocycles. The van der Waals surface area contributed by atoms with Crippen LogP contribution in [0.15, 0.2) is 72.9 Å². The van der Waals surface area contributed by atoms with Crippen LogP contribution in [0.5, 0.6) is 5.75 Å². The number of nitrogens with one attached hydrogen (secondary N) is 2. The van der Waals surface area contributed by atoms with Crippen LogP contribution in [-0.2, 0) is 12.0 Å². The number of nitrogens with zero attached hydrogens (tertiary/aromatic N) is 7. The zero-order chi connectivity index (χ0) is 36.5. The number of aliphatic hydroxyl groups excluding tert-OH is 1. The molecule has 0 unspecified atom stereocenters. The van der Waals surface area contributed by atoms with E-state index in [1.54, 1.807) is 0 Å². The normalized spacial score (nSPS) is 20.0. The van der Waals surface area contributed by atoms with E-state index in [1.165, 1.54) is 24.8 Å². The van der Waals surface area contributed by atoms with Crippen molar-refractivity contribution in [2.75, 3.05) is 36.4 Å². The summed E-state index contributed by atoms with van der Waals surface area (Å²) in [5.74, 6) is 2.25. The lowest BCUT2D eigenvalue weighted by molar-refractivity contribution is 0.0792. The molecule has 0 radical (unpaired) electrons. The van der Waals surface area contributed by atoms with Gasteiger partial charge in [0.2, 0.25) is 5.95 Å². The quantitative estimate of drug-likeness (QED) is 0.158. The molecule has 2 saturated heterocycles. The van der Waals surface area contributed by atoms with Crippen LogP contribution in [0.25, 0.3) is 11.3 Å². The maximum absolute atomic E-state index is 13.8. The van der Waals surface area contributed by atoms with Crippen molar-refractivity contribution in [3.63, 3.8) is 0 Å². The molecule has 5 aromatic rings. The minimum absolute atomic E-state index is 0.155. The molecule has 0 spiro atoms. The van der Waals surface area contributed by atoms with Crippen molar-refractivity contribution in [1.29, 1.82) is 0 Å². The van der Waals surface area contributed by atoms with Crippen LogP contribution in [0.3, 0.4) is 0 Å². The molecule has 3 aromatic heterocycles. The highest BCUT2D eigenvalue weighted by atomic mass is 16.5. The number of urea groups is 1. The van der Waals surface area contributed by atoms with Crippen molar-refractivity contribution in [3.05, 3.63) is 95.3 Å². The monoisotopic (exact) mass is 717 g/mol. The number of amides is 2. The van der Waals surface area contributed by atoms with Gasteiger partial charge in [-0.25, -0.2) is 9.48 Å². The van der Waals surface area contributed by atoms with E-state index in [2.05, 4.69) is 75.7 Å². The zero-order valence-electron chi connectivity index (χ0n) is 31.0. The van der Waals surface area contributed by atoms with Crippen LogP contribution in [-0.4, -0.2) is 72.7 Å². The largest absolute Gasteiger partial charge is 0.484 e. The van der Waals surface area contributed by atoms with Gasteiger partial charge in [0, 0.05) is 44.2 Å². The molecule has 0 saturated carbocycles. The van der Waals surface area contributed by atoms with Crippen molar-refractivity contribution in [1.82, 2.24) is 34.6 Å². The zero-order valence-corrected chi connectivity index (χ0v) is 31.0. The molecule has 2 atom stereocenters. The molecular formula is C41H51N9O3. The number of ether oxygens (including phenoxy) is 1. The molecule has 3 N–H and O–H groups in total. The molecule has 2 amide bonds. The van der Waals surface area contributed by atoms with E-state index >= 15 is 0 Å². The van der Waals surface area contributed by atoms with Crippen molar-refractivity contribution in [2.24, 2.45) is 0 Å². The predicted octanol–water partition coefficient (Wildman–Crippen LogP) is 6.94. The first kappa shape index (κ1) is 35.1. The minimum atomic E-state index is -0.280. The maximum Gasteiger partial charge on any atom is 0.320 e. The summed E-state index contributed by atoms with van der Waals surface area (Å²) in [5, 5.41) is 30.2. The van der Waals surface area contributed by atoms with E-state index in [4.69, 9.17) is 9.84 Å². The Labute approximate surface area is 311 Å². The van der Waals surface area contributed by atoms with Crippen LogP contribution in [0.4, 0.5) is 16.6 Å². The second kappa shape index (κ2) is 14.8. The highest BCUT2D eigenvalue weighted by molar-refractivity contribution is 5.89. The highest BCUT2D eigenvalue weighted by Gasteiger charge is 2.30. The summed E-state index contributed by atoms with van der Waals surface area (Å²) >= 11 is 0. The number of carbonyl (C=O) groups excluding carboxylic acids is 1. The van der Waals surface area contributed by atoms with E-state index < -0.39 is 0 Å². The van der Waals surface area contributed by atoms with Gasteiger partial charge < -0.3 is 20.1 Å². The van der Waals surface area contributed by atoms with E-state index in [0.717, 1.165) is 98.3 Å². The Morgan fingerprint density at radius 1 is 0.887 bits per heavy atom. The van der Waals surface area contributed by atoms with Gasteiger partial charge >= 0.3 is 6.03 Å². The van der Waals surface area contributed by atoms with E-state index in [-0.39, 0.29) is 29.7 Å². The molecular weight excluding hydrogens is 667 g/mol. The van der Waals surface area contributed by atoms with Gasteiger partial charge in [-0.05, 0) is 85.9 Å². The number of pyridine rings is 1. The number of rotatable bonds is 8. The molecule has 278 valence electrons. The summed E-state index contributed by atoms with van der Waals surface area (Å²) in [7, 11) is 0. The standard InChI is InChI=1S/C41H51N9O3/c1-41(2,3)36-25-38(50(46-36)29-11-9-10-28(24-29)26-47-22-18-30(51)19-23-47)43-39(52)42-34-15-16-35(33-13-6-5-12-32(33)34)53-31-14-17-37-44-45-40(49(37)27-31)48-20-7-4-8-21-48/h5-6,9-14,17,24-25,27,30,34-35,51H,4,7-8,15-16,18-23,26H2,1-3H3,(H2,42,43,52)/t34-,35+/m0/s1. The lowest BCUT2D eigenvalue weighted by Crippen LogP contribution is -2.36. The lowest BCUT2D eigenvalue weighted by Gasteiger charge is -2.32. The van der Waals surface area contributed by atoms with Crippen molar-refractivity contribution in [2.45, 2.75) is 95.9 Å².